The van der Waals surface area contributed by atoms with Crippen molar-refractivity contribution in [3.63, 3.8) is 0 Å². The summed E-state index contributed by atoms with van der Waals surface area (Å²) in [6, 6.07) is 7.01. The third kappa shape index (κ3) is 5.96. The van der Waals surface area contributed by atoms with Crippen LogP contribution in [0.1, 0.15) is 64.9 Å². The molecule has 3 nitrogen and oxygen atoms in total. The first-order valence-corrected chi connectivity index (χ1v) is 11.1. The van der Waals surface area contributed by atoms with Crippen LogP contribution in [0.5, 0.6) is 0 Å². The molecule has 1 aromatic rings. The van der Waals surface area contributed by atoms with Crippen molar-refractivity contribution in [3.8, 4) is 0 Å². The molecule has 1 saturated carbocycles. The lowest BCUT2D eigenvalue weighted by Crippen LogP contribution is -2.25. The molecule has 0 spiro atoms. The summed E-state index contributed by atoms with van der Waals surface area (Å²) in [6.45, 7) is 9.25. The van der Waals surface area contributed by atoms with E-state index in [0.717, 1.165) is 12.0 Å². The van der Waals surface area contributed by atoms with E-state index in [2.05, 4.69) is 25.5 Å². The second kappa shape index (κ2) is 9.00. The van der Waals surface area contributed by atoms with Gasteiger partial charge in [0.05, 0.1) is 4.90 Å². The fourth-order valence-corrected chi connectivity index (χ4v) is 4.48. The number of hydrogen-bond donors (Lipinski definition) is 1. The van der Waals surface area contributed by atoms with Crippen LogP contribution in [0.15, 0.2) is 40.3 Å². The van der Waals surface area contributed by atoms with Gasteiger partial charge in [-0.05, 0) is 70.4 Å². The summed E-state index contributed by atoms with van der Waals surface area (Å²) in [7, 11) is -3.38. The Morgan fingerprint density at radius 3 is 2.48 bits per heavy atom. The van der Waals surface area contributed by atoms with E-state index >= 15 is 0 Å². The van der Waals surface area contributed by atoms with Crippen molar-refractivity contribution in [2.75, 3.05) is 6.54 Å². The minimum absolute atomic E-state index is 0.355. The summed E-state index contributed by atoms with van der Waals surface area (Å²) in [5.41, 5.74) is 4.15. The van der Waals surface area contributed by atoms with E-state index in [1.54, 1.807) is 23.3 Å². The van der Waals surface area contributed by atoms with E-state index in [0.29, 0.717) is 23.3 Å². The molecule has 1 N–H and O–H groups in total. The maximum atomic E-state index is 12.3. The molecule has 2 atom stereocenters. The number of benzene rings is 1. The molecule has 1 aliphatic carbocycles. The molecule has 4 heteroatoms. The molecule has 25 heavy (non-hydrogen) atoms. The largest absolute Gasteiger partial charge is 0.240 e. The molecular weight excluding hydrogens is 330 g/mol. The van der Waals surface area contributed by atoms with Gasteiger partial charge in [0.15, 0.2) is 0 Å². The third-order valence-corrected chi connectivity index (χ3v) is 6.92. The quantitative estimate of drug-likeness (QED) is 0.458. The Bertz CT molecular complexity index is 689. The molecule has 1 aliphatic rings. The lowest BCUT2D eigenvalue weighted by Gasteiger charge is -2.09. The standard InChI is InChI=1S/C21H33NO2S/c1-5-6-7-8-17(3)18(4)21-15-19(21)13-14-22-25(23,24)20-11-9-16(2)10-12-20/h9-12,19,21-22H,5-8,13-15H2,1-4H3/b18-17+. The number of sulfonamides is 1. The molecule has 1 fully saturated rings. The molecule has 0 amide bonds. The Balaban J connectivity index is 1.78. The third-order valence-electron chi connectivity index (χ3n) is 5.45. The summed E-state index contributed by atoms with van der Waals surface area (Å²) in [5, 5.41) is 0. The first-order valence-electron chi connectivity index (χ1n) is 9.57. The second-order valence-electron chi connectivity index (χ2n) is 7.52. The van der Waals surface area contributed by atoms with Gasteiger partial charge in [-0.2, -0.15) is 0 Å². The highest BCUT2D eigenvalue weighted by Crippen LogP contribution is 2.47. The van der Waals surface area contributed by atoms with Crippen molar-refractivity contribution in [3.05, 3.63) is 41.0 Å². The van der Waals surface area contributed by atoms with Gasteiger partial charge in [-0.15, -0.1) is 0 Å². The molecule has 1 aromatic carbocycles. The van der Waals surface area contributed by atoms with Crippen LogP contribution in [0.3, 0.4) is 0 Å². The summed E-state index contributed by atoms with van der Waals surface area (Å²) >= 11 is 0. The summed E-state index contributed by atoms with van der Waals surface area (Å²) in [6.07, 6.45) is 7.20. The fraction of sp³-hybridized carbons (Fsp3) is 0.619. The van der Waals surface area contributed by atoms with Gasteiger partial charge in [-0.3, -0.25) is 0 Å². The van der Waals surface area contributed by atoms with Gasteiger partial charge in [0.2, 0.25) is 10.0 Å². The molecule has 2 unspecified atom stereocenters. The predicted octanol–water partition coefficient (Wildman–Crippen LogP) is 5.22. The average molecular weight is 364 g/mol. The van der Waals surface area contributed by atoms with E-state index in [1.807, 2.05) is 19.1 Å². The summed E-state index contributed by atoms with van der Waals surface area (Å²) in [4.78, 5) is 0.355. The van der Waals surface area contributed by atoms with Gasteiger partial charge in [0.1, 0.15) is 0 Å². The number of allylic oxidation sites excluding steroid dienone is 2. The topological polar surface area (TPSA) is 46.2 Å². The lowest BCUT2D eigenvalue weighted by molar-refractivity contribution is 0.572. The lowest BCUT2D eigenvalue weighted by atomic mass is 9.99. The van der Waals surface area contributed by atoms with Crippen LogP contribution in [-0.4, -0.2) is 15.0 Å². The Labute approximate surface area is 154 Å². The van der Waals surface area contributed by atoms with Crippen molar-refractivity contribution < 1.29 is 8.42 Å². The van der Waals surface area contributed by atoms with Crippen LogP contribution in [0.25, 0.3) is 0 Å². The first kappa shape index (κ1) is 20.2. The van der Waals surface area contributed by atoms with E-state index in [9.17, 15) is 8.42 Å². The highest BCUT2D eigenvalue weighted by Gasteiger charge is 2.38. The smallest absolute Gasteiger partial charge is 0.211 e. The molecule has 0 radical (unpaired) electrons. The molecule has 0 bridgehead atoms. The summed E-state index contributed by atoms with van der Waals surface area (Å²) in [5.74, 6) is 1.31. The van der Waals surface area contributed by atoms with Gasteiger partial charge in [0.25, 0.3) is 0 Å². The van der Waals surface area contributed by atoms with Crippen LogP contribution >= 0.6 is 0 Å². The number of hydrogen-bond acceptors (Lipinski definition) is 2. The molecule has 140 valence electrons. The van der Waals surface area contributed by atoms with Gasteiger partial charge in [0, 0.05) is 6.54 Å². The molecule has 0 aliphatic heterocycles. The zero-order valence-corrected chi connectivity index (χ0v) is 17.0. The van der Waals surface area contributed by atoms with Crippen molar-refractivity contribution in [2.24, 2.45) is 11.8 Å². The minimum Gasteiger partial charge on any atom is -0.211 e. The van der Waals surface area contributed by atoms with E-state index in [4.69, 9.17) is 0 Å². The van der Waals surface area contributed by atoms with Crippen molar-refractivity contribution in [2.45, 2.75) is 71.1 Å². The number of nitrogens with one attached hydrogen (secondary N) is 1. The molecular formula is C21H33NO2S. The molecule has 0 aromatic heterocycles. The van der Waals surface area contributed by atoms with Crippen molar-refractivity contribution in [1.29, 1.82) is 0 Å². The van der Waals surface area contributed by atoms with Crippen LogP contribution in [-0.2, 0) is 10.0 Å². The predicted molar refractivity (Wildman–Crippen MR) is 105 cm³/mol. The Morgan fingerprint density at radius 2 is 1.84 bits per heavy atom. The first-order chi connectivity index (χ1) is 11.8. The van der Waals surface area contributed by atoms with Crippen LogP contribution in [0.4, 0.5) is 0 Å². The normalized spacial score (nSPS) is 21.1. The van der Waals surface area contributed by atoms with E-state index < -0.39 is 10.0 Å². The van der Waals surface area contributed by atoms with Crippen LogP contribution < -0.4 is 4.72 Å². The maximum Gasteiger partial charge on any atom is 0.240 e. The highest BCUT2D eigenvalue weighted by molar-refractivity contribution is 7.89. The van der Waals surface area contributed by atoms with E-state index in [1.165, 1.54) is 32.1 Å². The minimum atomic E-state index is -3.38. The Kier molecular flexibility index (Phi) is 7.26. The SMILES string of the molecule is CCCCC/C(C)=C(\C)C1CC1CCNS(=O)(=O)c1ccc(C)cc1. The maximum absolute atomic E-state index is 12.3. The zero-order valence-electron chi connectivity index (χ0n) is 16.1. The monoisotopic (exact) mass is 363 g/mol. The van der Waals surface area contributed by atoms with Gasteiger partial charge in [-0.1, -0.05) is 48.6 Å². The number of rotatable bonds is 10. The van der Waals surface area contributed by atoms with Gasteiger partial charge >= 0.3 is 0 Å². The zero-order chi connectivity index (χ0) is 18.4. The molecule has 0 saturated heterocycles. The number of aryl methyl sites for hydroxylation is 1. The van der Waals surface area contributed by atoms with Crippen molar-refractivity contribution in [1.82, 2.24) is 4.72 Å². The van der Waals surface area contributed by atoms with Gasteiger partial charge < -0.3 is 0 Å². The Morgan fingerprint density at radius 1 is 1.16 bits per heavy atom. The average Bonchev–Trinajstić information content (AvgIpc) is 3.34. The van der Waals surface area contributed by atoms with Gasteiger partial charge in [-0.25, -0.2) is 13.1 Å². The van der Waals surface area contributed by atoms with Crippen molar-refractivity contribution >= 4 is 10.0 Å². The fourth-order valence-electron chi connectivity index (χ4n) is 3.43. The summed E-state index contributed by atoms with van der Waals surface area (Å²) < 4.78 is 27.3. The van der Waals surface area contributed by atoms with E-state index in [-0.39, 0.29) is 0 Å². The van der Waals surface area contributed by atoms with Crippen LogP contribution in [0, 0.1) is 18.8 Å². The highest BCUT2D eigenvalue weighted by atomic mass is 32.2. The Hall–Kier alpha value is -1.13. The molecule has 2 rings (SSSR count). The van der Waals surface area contributed by atoms with Crippen LogP contribution in [0.2, 0.25) is 0 Å². The molecule has 0 heterocycles. The number of unbranched alkanes of at least 4 members (excludes halogenated alkanes) is 2. The second-order valence-corrected chi connectivity index (χ2v) is 9.29.